The number of anilines is 1. The number of carbonyl (C=O) groups excluding carboxylic acids is 1. The minimum absolute atomic E-state index is 0.236. The van der Waals surface area contributed by atoms with E-state index in [4.69, 9.17) is 18.6 Å². The predicted molar refractivity (Wildman–Crippen MR) is 114 cm³/mol. The number of nitrogens with one attached hydrogen (secondary N) is 1. The van der Waals surface area contributed by atoms with Crippen LogP contribution in [0.1, 0.15) is 10.6 Å². The summed E-state index contributed by atoms with van der Waals surface area (Å²) >= 11 is 0. The standard InChI is InChI=1S/C24H19NO5/c1-27-17-8-9-18-20(14-17)30-23(22(18)15-5-3-2-4-6-15)24(26)25-16-7-10-19-21(13-16)29-12-11-28-19/h2-10,13-14H,11-12H2,1H3,(H,25,26). The van der Waals surface area contributed by atoms with Crippen molar-refractivity contribution in [3.05, 3.63) is 72.5 Å². The molecule has 4 aromatic rings. The van der Waals surface area contributed by atoms with Crippen LogP contribution < -0.4 is 19.5 Å². The highest BCUT2D eigenvalue weighted by molar-refractivity contribution is 6.12. The zero-order chi connectivity index (χ0) is 20.5. The Morgan fingerprint density at radius 2 is 1.73 bits per heavy atom. The fraction of sp³-hybridized carbons (Fsp3) is 0.125. The molecule has 3 aromatic carbocycles. The molecule has 0 fully saturated rings. The maximum Gasteiger partial charge on any atom is 0.292 e. The minimum atomic E-state index is -0.347. The van der Waals surface area contributed by atoms with Gasteiger partial charge in [-0.2, -0.15) is 0 Å². The lowest BCUT2D eigenvalue weighted by atomic mass is 10.0. The van der Waals surface area contributed by atoms with Gasteiger partial charge in [-0.3, -0.25) is 4.79 Å². The van der Waals surface area contributed by atoms with Crippen LogP contribution in [0, 0.1) is 0 Å². The van der Waals surface area contributed by atoms with Crippen molar-refractivity contribution in [2.24, 2.45) is 0 Å². The number of fused-ring (bicyclic) bond motifs is 2. The number of carbonyl (C=O) groups is 1. The lowest BCUT2D eigenvalue weighted by Crippen LogP contribution is -2.16. The molecule has 0 unspecified atom stereocenters. The molecule has 150 valence electrons. The SMILES string of the molecule is COc1ccc2c(-c3ccccc3)c(C(=O)Nc3ccc4c(c3)OCCO4)oc2c1. The summed E-state index contributed by atoms with van der Waals surface area (Å²) in [5.41, 5.74) is 2.82. The molecule has 30 heavy (non-hydrogen) atoms. The Morgan fingerprint density at radius 1 is 0.933 bits per heavy atom. The summed E-state index contributed by atoms with van der Waals surface area (Å²) in [6.45, 7) is 0.996. The molecule has 2 heterocycles. The Hall–Kier alpha value is -3.93. The lowest BCUT2D eigenvalue weighted by Gasteiger charge is -2.18. The number of hydrogen-bond acceptors (Lipinski definition) is 5. The van der Waals surface area contributed by atoms with Gasteiger partial charge in [-0.15, -0.1) is 0 Å². The molecular weight excluding hydrogens is 382 g/mol. The van der Waals surface area contributed by atoms with Gasteiger partial charge >= 0.3 is 0 Å². The van der Waals surface area contributed by atoms with E-state index in [0.29, 0.717) is 41.7 Å². The van der Waals surface area contributed by atoms with E-state index in [9.17, 15) is 4.79 Å². The first-order chi connectivity index (χ1) is 14.7. The number of hydrogen-bond donors (Lipinski definition) is 1. The predicted octanol–water partition coefficient (Wildman–Crippen LogP) is 5.13. The van der Waals surface area contributed by atoms with E-state index in [0.717, 1.165) is 16.5 Å². The Morgan fingerprint density at radius 3 is 2.53 bits per heavy atom. The van der Waals surface area contributed by atoms with Gasteiger partial charge in [-0.05, 0) is 29.8 Å². The van der Waals surface area contributed by atoms with Gasteiger partial charge in [-0.1, -0.05) is 30.3 Å². The van der Waals surface area contributed by atoms with E-state index in [1.54, 1.807) is 31.4 Å². The van der Waals surface area contributed by atoms with Crippen LogP contribution in [0.2, 0.25) is 0 Å². The Kier molecular flexibility index (Phi) is 4.52. The van der Waals surface area contributed by atoms with Gasteiger partial charge < -0.3 is 23.9 Å². The van der Waals surface area contributed by atoms with Crippen molar-refractivity contribution in [3.63, 3.8) is 0 Å². The molecule has 0 saturated heterocycles. The average Bonchev–Trinajstić information content (AvgIpc) is 3.18. The number of rotatable bonds is 4. The van der Waals surface area contributed by atoms with Crippen LogP contribution in [0.5, 0.6) is 17.2 Å². The molecule has 1 aliphatic rings. The van der Waals surface area contributed by atoms with Gasteiger partial charge in [-0.25, -0.2) is 0 Å². The molecular formula is C24H19NO5. The van der Waals surface area contributed by atoms with Gasteiger partial charge in [0.15, 0.2) is 11.5 Å². The van der Waals surface area contributed by atoms with Gasteiger partial charge in [0.25, 0.3) is 5.91 Å². The second kappa shape index (κ2) is 7.48. The quantitative estimate of drug-likeness (QED) is 0.513. The van der Waals surface area contributed by atoms with Gasteiger partial charge in [0.2, 0.25) is 5.76 Å². The number of methoxy groups -OCH3 is 1. The summed E-state index contributed by atoms with van der Waals surface area (Å²) < 4.78 is 22.4. The van der Waals surface area contributed by atoms with E-state index in [-0.39, 0.29) is 11.7 Å². The zero-order valence-electron chi connectivity index (χ0n) is 16.3. The molecule has 1 aliphatic heterocycles. The van der Waals surface area contributed by atoms with Crippen molar-refractivity contribution in [3.8, 4) is 28.4 Å². The summed E-state index contributed by atoms with van der Waals surface area (Å²) in [5, 5.41) is 3.75. The highest BCUT2D eigenvalue weighted by Crippen LogP contribution is 2.37. The zero-order valence-corrected chi connectivity index (χ0v) is 16.3. The Balaban J connectivity index is 1.56. The van der Waals surface area contributed by atoms with Crippen LogP contribution in [0.25, 0.3) is 22.1 Å². The topological polar surface area (TPSA) is 69.9 Å². The van der Waals surface area contributed by atoms with Gasteiger partial charge in [0, 0.05) is 28.8 Å². The van der Waals surface area contributed by atoms with Crippen molar-refractivity contribution in [2.75, 3.05) is 25.6 Å². The minimum Gasteiger partial charge on any atom is -0.497 e. The molecule has 0 radical (unpaired) electrons. The van der Waals surface area contributed by atoms with Crippen molar-refractivity contribution in [1.82, 2.24) is 0 Å². The van der Waals surface area contributed by atoms with Crippen LogP contribution in [0.3, 0.4) is 0 Å². The fourth-order valence-corrected chi connectivity index (χ4v) is 3.56. The number of ether oxygens (including phenoxy) is 3. The van der Waals surface area contributed by atoms with Crippen LogP contribution in [-0.2, 0) is 0 Å². The second-order valence-electron chi connectivity index (χ2n) is 6.85. The van der Waals surface area contributed by atoms with Crippen molar-refractivity contribution < 1.29 is 23.4 Å². The largest absolute Gasteiger partial charge is 0.497 e. The molecule has 0 atom stereocenters. The third-order valence-corrected chi connectivity index (χ3v) is 4.97. The second-order valence-corrected chi connectivity index (χ2v) is 6.85. The summed E-state index contributed by atoms with van der Waals surface area (Å²) in [7, 11) is 1.59. The first-order valence-corrected chi connectivity index (χ1v) is 9.60. The van der Waals surface area contributed by atoms with Crippen molar-refractivity contribution >= 4 is 22.6 Å². The summed E-state index contributed by atoms with van der Waals surface area (Å²) in [6, 6.07) is 20.6. The molecule has 0 saturated carbocycles. The smallest absolute Gasteiger partial charge is 0.292 e. The average molecular weight is 401 g/mol. The first-order valence-electron chi connectivity index (χ1n) is 9.60. The first kappa shape index (κ1) is 18.1. The van der Waals surface area contributed by atoms with Crippen LogP contribution >= 0.6 is 0 Å². The van der Waals surface area contributed by atoms with E-state index < -0.39 is 0 Å². The van der Waals surface area contributed by atoms with E-state index in [1.165, 1.54) is 0 Å². The van der Waals surface area contributed by atoms with E-state index >= 15 is 0 Å². The lowest BCUT2D eigenvalue weighted by molar-refractivity contribution is 0.0999. The normalized spacial score (nSPS) is 12.6. The molecule has 6 nitrogen and oxygen atoms in total. The van der Waals surface area contributed by atoms with Crippen LogP contribution in [-0.4, -0.2) is 26.2 Å². The molecule has 0 aliphatic carbocycles. The monoisotopic (exact) mass is 401 g/mol. The van der Waals surface area contributed by atoms with Gasteiger partial charge in [0.1, 0.15) is 24.5 Å². The molecule has 1 N–H and O–H groups in total. The van der Waals surface area contributed by atoms with Crippen molar-refractivity contribution in [1.29, 1.82) is 0 Å². The summed E-state index contributed by atoms with van der Waals surface area (Å²) in [5.74, 6) is 1.83. The number of amides is 1. The number of benzene rings is 3. The molecule has 1 aromatic heterocycles. The molecule has 1 amide bonds. The maximum absolute atomic E-state index is 13.2. The molecule has 0 bridgehead atoms. The van der Waals surface area contributed by atoms with Crippen molar-refractivity contribution in [2.45, 2.75) is 0 Å². The Labute approximate surface area is 173 Å². The molecule has 0 spiro atoms. The summed E-state index contributed by atoms with van der Waals surface area (Å²) in [6.07, 6.45) is 0. The van der Waals surface area contributed by atoms with E-state index in [1.807, 2.05) is 42.5 Å². The third-order valence-electron chi connectivity index (χ3n) is 4.97. The summed E-state index contributed by atoms with van der Waals surface area (Å²) in [4.78, 5) is 13.2. The van der Waals surface area contributed by atoms with Gasteiger partial charge in [0.05, 0.1) is 7.11 Å². The molecule has 6 heteroatoms. The fourth-order valence-electron chi connectivity index (χ4n) is 3.56. The molecule has 5 rings (SSSR count). The van der Waals surface area contributed by atoms with Crippen LogP contribution in [0.4, 0.5) is 5.69 Å². The highest BCUT2D eigenvalue weighted by Gasteiger charge is 2.23. The van der Waals surface area contributed by atoms with E-state index in [2.05, 4.69) is 5.32 Å². The maximum atomic E-state index is 13.2. The third kappa shape index (κ3) is 3.22. The van der Waals surface area contributed by atoms with Crippen LogP contribution in [0.15, 0.2) is 71.1 Å². The Bertz CT molecular complexity index is 1230. The number of furan rings is 1. The highest BCUT2D eigenvalue weighted by atomic mass is 16.6.